The Balaban J connectivity index is 2.54. The summed E-state index contributed by atoms with van der Waals surface area (Å²) in [7, 11) is 0. The number of carbonyl (C=O) groups is 1. The number of carboxylic acids is 1. The van der Waals surface area contributed by atoms with Crippen LogP contribution in [0.5, 0.6) is 0 Å². The molecular formula is C10H6F2N2O2. The fraction of sp³-hybridized carbons (Fsp3) is 0. The van der Waals surface area contributed by atoms with E-state index in [1.165, 1.54) is 6.07 Å². The van der Waals surface area contributed by atoms with Gasteiger partial charge in [0.15, 0.2) is 5.69 Å². The van der Waals surface area contributed by atoms with Crippen LogP contribution < -0.4 is 0 Å². The normalized spacial score (nSPS) is 10.4. The lowest BCUT2D eigenvalue weighted by atomic mass is 10.3. The molecule has 0 saturated heterocycles. The third-order valence-corrected chi connectivity index (χ3v) is 2.00. The van der Waals surface area contributed by atoms with Gasteiger partial charge in [0.05, 0.1) is 0 Å². The lowest BCUT2D eigenvalue weighted by molar-refractivity contribution is 0.0691. The number of para-hydroxylation sites is 1. The average Bonchev–Trinajstić information content (AvgIpc) is 2.66. The van der Waals surface area contributed by atoms with E-state index in [1.54, 1.807) is 0 Å². The molecule has 0 fully saturated rings. The van der Waals surface area contributed by atoms with Crippen molar-refractivity contribution >= 4 is 5.97 Å². The quantitative estimate of drug-likeness (QED) is 0.846. The number of aromatic carboxylic acids is 1. The summed E-state index contributed by atoms with van der Waals surface area (Å²) in [5.41, 5.74) is -0.620. The van der Waals surface area contributed by atoms with Gasteiger partial charge in [-0.25, -0.2) is 18.6 Å². The summed E-state index contributed by atoms with van der Waals surface area (Å²) in [5, 5.41) is 8.62. The lowest BCUT2D eigenvalue weighted by Gasteiger charge is -2.04. The van der Waals surface area contributed by atoms with Crippen molar-refractivity contribution in [2.45, 2.75) is 0 Å². The van der Waals surface area contributed by atoms with E-state index >= 15 is 0 Å². The number of hydrogen-bond donors (Lipinski definition) is 1. The summed E-state index contributed by atoms with van der Waals surface area (Å²) in [4.78, 5) is 14.1. The molecule has 2 rings (SSSR count). The van der Waals surface area contributed by atoms with Crippen molar-refractivity contribution in [2.75, 3.05) is 0 Å². The molecule has 0 amide bonds. The van der Waals surface area contributed by atoms with Gasteiger partial charge < -0.3 is 9.67 Å². The zero-order valence-corrected chi connectivity index (χ0v) is 7.89. The van der Waals surface area contributed by atoms with Crippen LogP contribution in [0.15, 0.2) is 30.7 Å². The minimum absolute atomic E-state index is 0.275. The van der Waals surface area contributed by atoms with Crippen LogP contribution in [0.3, 0.4) is 0 Å². The van der Waals surface area contributed by atoms with E-state index in [9.17, 15) is 13.6 Å². The highest BCUT2D eigenvalue weighted by atomic mass is 19.1. The molecule has 16 heavy (non-hydrogen) atoms. The second-order valence-electron chi connectivity index (χ2n) is 3.04. The first-order chi connectivity index (χ1) is 7.59. The molecule has 82 valence electrons. The van der Waals surface area contributed by atoms with Crippen molar-refractivity contribution in [1.29, 1.82) is 0 Å². The van der Waals surface area contributed by atoms with Crippen LogP contribution in [-0.2, 0) is 0 Å². The van der Waals surface area contributed by atoms with Gasteiger partial charge in [-0.1, -0.05) is 6.07 Å². The molecule has 0 unspecified atom stereocenters. The minimum Gasteiger partial charge on any atom is -0.476 e. The number of halogens is 2. The Morgan fingerprint density at radius 3 is 2.44 bits per heavy atom. The molecule has 0 spiro atoms. The Kier molecular flexibility index (Phi) is 2.40. The zero-order chi connectivity index (χ0) is 11.7. The SMILES string of the molecule is O=C(O)c1cn(-c2c(F)cccc2F)cn1. The third kappa shape index (κ3) is 1.65. The monoisotopic (exact) mass is 224 g/mol. The first-order valence-electron chi connectivity index (χ1n) is 4.31. The molecule has 1 heterocycles. The third-order valence-electron chi connectivity index (χ3n) is 2.00. The second-order valence-corrected chi connectivity index (χ2v) is 3.04. The first-order valence-corrected chi connectivity index (χ1v) is 4.31. The van der Waals surface area contributed by atoms with Crippen molar-refractivity contribution < 1.29 is 18.7 Å². The molecule has 0 bridgehead atoms. The zero-order valence-electron chi connectivity index (χ0n) is 7.89. The van der Waals surface area contributed by atoms with E-state index in [0.717, 1.165) is 29.2 Å². The molecule has 1 aromatic carbocycles. The molecule has 0 aliphatic heterocycles. The molecule has 1 aromatic heterocycles. The Morgan fingerprint density at radius 2 is 1.94 bits per heavy atom. The molecule has 0 atom stereocenters. The van der Waals surface area contributed by atoms with Crippen LogP contribution >= 0.6 is 0 Å². The smallest absolute Gasteiger partial charge is 0.356 e. The van der Waals surface area contributed by atoms with Gasteiger partial charge in [0.2, 0.25) is 0 Å². The van der Waals surface area contributed by atoms with Crippen molar-refractivity contribution in [3.63, 3.8) is 0 Å². The summed E-state index contributed by atoms with van der Waals surface area (Å²) < 4.78 is 27.6. The van der Waals surface area contributed by atoms with E-state index in [0.29, 0.717) is 0 Å². The maximum atomic E-state index is 13.3. The summed E-state index contributed by atoms with van der Waals surface area (Å²) in [5.74, 6) is -2.82. The van der Waals surface area contributed by atoms with Crippen molar-refractivity contribution in [2.24, 2.45) is 0 Å². The van der Waals surface area contributed by atoms with Crippen LogP contribution in [0.2, 0.25) is 0 Å². The molecule has 6 heteroatoms. The average molecular weight is 224 g/mol. The van der Waals surface area contributed by atoms with Gasteiger partial charge in [0.25, 0.3) is 0 Å². The highest BCUT2D eigenvalue weighted by Gasteiger charge is 2.13. The molecule has 0 aliphatic carbocycles. The molecule has 0 radical (unpaired) electrons. The largest absolute Gasteiger partial charge is 0.476 e. The lowest BCUT2D eigenvalue weighted by Crippen LogP contribution is -1.99. The highest BCUT2D eigenvalue weighted by Crippen LogP contribution is 2.17. The van der Waals surface area contributed by atoms with E-state index in [4.69, 9.17) is 5.11 Å². The predicted molar refractivity (Wildman–Crippen MR) is 50.4 cm³/mol. The summed E-state index contributed by atoms with van der Waals surface area (Å²) in [6.07, 6.45) is 2.09. The number of nitrogens with zero attached hydrogens (tertiary/aromatic N) is 2. The van der Waals surface area contributed by atoms with Gasteiger partial charge in [0.1, 0.15) is 23.6 Å². The van der Waals surface area contributed by atoms with Gasteiger partial charge in [0, 0.05) is 6.20 Å². The molecular weight excluding hydrogens is 218 g/mol. The van der Waals surface area contributed by atoms with Crippen molar-refractivity contribution in [3.8, 4) is 5.69 Å². The fourth-order valence-corrected chi connectivity index (χ4v) is 1.29. The number of rotatable bonds is 2. The van der Waals surface area contributed by atoms with Crippen molar-refractivity contribution in [1.82, 2.24) is 9.55 Å². The number of benzene rings is 1. The number of imidazole rings is 1. The number of aromatic nitrogens is 2. The maximum Gasteiger partial charge on any atom is 0.356 e. The van der Waals surface area contributed by atoms with Crippen LogP contribution in [0.25, 0.3) is 5.69 Å². The minimum atomic E-state index is -1.25. The van der Waals surface area contributed by atoms with Crippen molar-refractivity contribution in [3.05, 3.63) is 48.1 Å². The molecule has 0 saturated carbocycles. The Labute approximate surface area is 88.8 Å². The first kappa shape index (κ1) is 10.3. The van der Waals surface area contributed by atoms with Gasteiger partial charge in [-0.15, -0.1) is 0 Å². The Hall–Kier alpha value is -2.24. The summed E-state index contributed by atoms with van der Waals surface area (Å²) >= 11 is 0. The predicted octanol–water partition coefficient (Wildman–Crippen LogP) is 1.85. The van der Waals surface area contributed by atoms with Crippen LogP contribution in [-0.4, -0.2) is 20.6 Å². The fourth-order valence-electron chi connectivity index (χ4n) is 1.29. The van der Waals surface area contributed by atoms with Crippen LogP contribution in [0.4, 0.5) is 8.78 Å². The molecule has 2 aromatic rings. The number of hydrogen-bond acceptors (Lipinski definition) is 2. The summed E-state index contributed by atoms with van der Waals surface area (Å²) in [6, 6.07) is 3.39. The highest BCUT2D eigenvalue weighted by molar-refractivity contribution is 5.85. The van der Waals surface area contributed by atoms with Gasteiger partial charge >= 0.3 is 5.97 Å². The van der Waals surface area contributed by atoms with Gasteiger partial charge in [-0.2, -0.15) is 0 Å². The van der Waals surface area contributed by atoms with Gasteiger partial charge in [-0.05, 0) is 12.1 Å². The molecule has 0 aliphatic rings. The second kappa shape index (κ2) is 3.73. The Morgan fingerprint density at radius 1 is 1.31 bits per heavy atom. The van der Waals surface area contributed by atoms with E-state index in [-0.39, 0.29) is 11.4 Å². The van der Waals surface area contributed by atoms with E-state index in [1.807, 2.05) is 0 Å². The topological polar surface area (TPSA) is 55.1 Å². The number of carboxylic acid groups (broad SMARTS) is 1. The molecule has 4 nitrogen and oxygen atoms in total. The summed E-state index contributed by atoms with van der Waals surface area (Å²) in [6.45, 7) is 0. The maximum absolute atomic E-state index is 13.3. The van der Waals surface area contributed by atoms with E-state index in [2.05, 4.69) is 4.98 Å². The molecule has 1 N–H and O–H groups in total. The van der Waals surface area contributed by atoms with Crippen LogP contribution in [0.1, 0.15) is 10.5 Å². The Bertz CT molecular complexity index is 531. The van der Waals surface area contributed by atoms with Gasteiger partial charge in [-0.3, -0.25) is 0 Å². The standard InChI is InChI=1S/C10H6F2N2O2/c11-6-2-1-3-7(12)9(6)14-4-8(10(15)16)13-5-14/h1-5H,(H,15,16). The van der Waals surface area contributed by atoms with E-state index < -0.39 is 17.6 Å². The van der Waals surface area contributed by atoms with Crippen LogP contribution in [0, 0.1) is 11.6 Å².